The molecule has 3 rings (SSSR count). The summed E-state index contributed by atoms with van der Waals surface area (Å²) in [6.45, 7) is 6.79. The maximum absolute atomic E-state index is 5.51. The molecule has 2 aliphatic carbocycles. The van der Waals surface area contributed by atoms with E-state index in [1.165, 1.54) is 11.1 Å². The molecule has 1 aliphatic heterocycles. The molecule has 0 radical (unpaired) electrons. The summed E-state index contributed by atoms with van der Waals surface area (Å²) in [5.41, 5.74) is 3.02. The zero-order chi connectivity index (χ0) is 12.0. The first kappa shape index (κ1) is 10.6. The molecule has 0 N–H and O–H groups in total. The van der Waals surface area contributed by atoms with E-state index in [1.807, 2.05) is 6.26 Å². The van der Waals surface area contributed by atoms with Crippen molar-refractivity contribution in [1.82, 2.24) is 0 Å². The Kier molecular flexibility index (Phi) is 2.19. The van der Waals surface area contributed by atoms with Crippen LogP contribution in [0.1, 0.15) is 20.8 Å². The van der Waals surface area contributed by atoms with Crippen LogP contribution in [0, 0.1) is 17.3 Å². The first-order valence-electron chi connectivity index (χ1n) is 6.21. The number of hydrogen-bond acceptors (Lipinski definition) is 1. The van der Waals surface area contributed by atoms with Crippen molar-refractivity contribution in [2.45, 2.75) is 20.8 Å². The highest BCUT2D eigenvalue weighted by atomic mass is 16.5. The molecule has 0 fully saturated rings. The summed E-state index contributed by atoms with van der Waals surface area (Å²) < 4.78 is 5.51. The van der Waals surface area contributed by atoms with E-state index in [2.05, 4.69) is 57.2 Å². The van der Waals surface area contributed by atoms with Gasteiger partial charge in [0.1, 0.15) is 5.76 Å². The van der Waals surface area contributed by atoms with Crippen molar-refractivity contribution in [1.29, 1.82) is 0 Å². The molecule has 0 amide bonds. The monoisotopic (exact) mass is 226 g/mol. The van der Waals surface area contributed by atoms with Crippen LogP contribution in [0.4, 0.5) is 0 Å². The van der Waals surface area contributed by atoms with E-state index in [0.717, 1.165) is 5.76 Å². The van der Waals surface area contributed by atoms with Gasteiger partial charge in [0.25, 0.3) is 0 Å². The van der Waals surface area contributed by atoms with Crippen LogP contribution in [0.25, 0.3) is 0 Å². The second kappa shape index (κ2) is 3.49. The molecule has 0 aromatic carbocycles. The summed E-state index contributed by atoms with van der Waals surface area (Å²) in [7, 11) is 0. The molecule has 0 bridgehead atoms. The van der Waals surface area contributed by atoms with Crippen molar-refractivity contribution in [3.8, 4) is 0 Å². The van der Waals surface area contributed by atoms with Gasteiger partial charge in [0.15, 0.2) is 0 Å². The van der Waals surface area contributed by atoms with Crippen molar-refractivity contribution in [3.05, 3.63) is 59.6 Å². The van der Waals surface area contributed by atoms with Gasteiger partial charge >= 0.3 is 0 Å². The van der Waals surface area contributed by atoms with Crippen LogP contribution >= 0.6 is 0 Å². The van der Waals surface area contributed by atoms with Crippen LogP contribution in [-0.4, -0.2) is 0 Å². The smallest absolute Gasteiger partial charge is 0.111 e. The van der Waals surface area contributed by atoms with E-state index in [1.54, 1.807) is 0 Å². The second-order valence-electron chi connectivity index (χ2n) is 5.94. The fourth-order valence-corrected chi connectivity index (χ4v) is 2.62. The van der Waals surface area contributed by atoms with E-state index >= 15 is 0 Å². The quantitative estimate of drug-likeness (QED) is 0.603. The molecule has 1 heterocycles. The largest absolute Gasteiger partial charge is 0.469 e. The highest BCUT2D eigenvalue weighted by molar-refractivity contribution is 5.47. The molecular formula is C16H18O. The van der Waals surface area contributed by atoms with E-state index < -0.39 is 0 Å². The first-order chi connectivity index (χ1) is 8.05. The van der Waals surface area contributed by atoms with Gasteiger partial charge in [-0.25, -0.2) is 0 Å². The van der Waals surface area contributed by atoms with E-state index in [-0.39, 0.29) is 5.41 Å². The summed E-state index contributed by atoms with van der Waals surface area (Å²) in [6, 6.07) is 0. The molecule has 0 unspecified atom stereocenters. The third-order valence-electron chi connectivity index (χ3n) is 3.71. The Hall–Kier alpha value is -1.50. The summed E-state index contributed by atoms with van der Waals surface area (Å²) in [5, 5.41) is 0. The van der Waals surface area contributed by atoms with Crippen molar-refractivity contribution in [2.75, 3.05) is 0 Å². The average Bonchev–Trinajstić information content (AvgIpc) is 2.75. The van der Waals surface area contributed by atoms with E-state index in [9.17, 15) is 0 Å². The number of ether oxygens (including phenoxy) is 1. The lowest BCUT2D eigenvalue weighted by Crippen LogP contribution is -2.21. The van der Waals surface area contributed by atoms with Crippen molar-refractivity contribution in [2.24, 2.45) is 17.3 Å². The molecule has 0 saturated carbocycles. The van der Waals surface area contributed by atoms with Gasteiger partial charge in [-0.05, 0) is 28.7 Å². The summed E-state index contributed by atoms with van der Waals surface area (Å²) in [6.07, 6.45) is 15.2. The van der Waals surface area contributed by atoms with Gasteiger partial charge in [-0.15, -0.1) is 0 Å². The van der Waals surface area contributed by atoms with Crippen LogP contribution in [0.15, 0.2) is 59.6 Å². The van der Waals surface area contributed by atoms with Gasteiger partial charge < -0.3 is 4.74 Å². The molecular weight excluding hydrogens is 208 g/mol. The Morgan fingerprint density at radius 2 is 1.88 bits per heavy atom. The van der Waals surface area contributed by atoms with Crippen LogP contribution in [-0.2, 0) is 4.74 Å². The van der Waals surface area contributed by atoms with Gasteiger partial charge in [-0.1, -0.05) is 45.1 Å². The lowest BCUT2D eigenvalue weighted by atomic mass is 9.73. The minimum Gasteiger partial charge on any atom is -0.469 e. The zero-order valence-corrected chi connectivity index (χ0v) is 10.6. The molecule has 2 atom stereocenters. The minimum absolute atomic E-state index is 0.215. The Balaban J connectivity index is 2.00. The molecule has 17 heavy (non-hydrogen) atoms. The molecule has 1 heteroatoms. The van der Waals surface area contributed by atoms with Gasteiger partial charge in [-0.3, -0.25) is 0 Å². The highest BCUT2D eigenvalue weighted by Gasteiger charge is 2.33. The molecule has 1 nitrogen and oxygen atoms in total. The van der Waals surface area contributed by atoms with Crippen LogP contribution in [0.2, 0.25) is 0 Å². The topological polar surface area (TPSA) is 9.23 Å². The maximum Gasteiger partial charge on any atom is 0.111 e. The van der Waals surface area contributed by atoms with Gasteiger partial charge in [0, 0.05) is 11.8 Å². The Bertz CT molecular complexity index is 492. The third-order valence-corrected chi connectivity index (χ3v) is 3.71. The molecule has 3 aliphatic rings. The predicted octanol–water partition coefficient (Wildman–Crippen LogP) is 4.13. The molecule has 88 valence electrons. The van der Waals surface area contributed by atoms with Gasteiger partial charge in [0.2, 0.25) is 0 Å². The molecule has 0 aromatic heterocycles. The Labute approximate surface area is 103 Å². The fourth-order valence-electron chi connectivity index (χ4n) is 2.62. The standard InChI is InChI=1S/C16H18O/c1-16(2,3)12-6-4-11-5-7-15-13(8-9-17-15)14(11)10-12/h4-10,13-14H,1-3H3/t13-,14+/m1/s1. The SMILES string of the molecule is CC(C)(C)C1=C[C@H]2C(=CC=C3OC=C[C@@H]32)C=C1. The third kappa shape index (κ3) is 1.70. The number of fused-ring (bicyclic) bond motifs is 3. The maximum atomic E-state index is 5.51. The second-order valence-corrected chi connectivity index (χ2v) is 5.94. The zero-order valence-electron chi connectivity index (χ0n) is 10.6. The lowest BCUT2D eigenvalue weighted by molar-refractivity contribution is 0.326. The summed E-state index contributed by atoms with van der Waals surface area (Å²) in [4.78, 5) is 0. The number of allylic oxidation sites excluding steroid dienone is 8. The van der Waals surface area contributed by atoms with Crippen LogP contribution in [0.3, 0.4) is 0 Å². The lowest BCUT2D eigenvalue weighted by Gasteiger charge is -2.31. The number of hydrogen-bond donors (Lipinski definition) is 0. The Morgan fingerprint density at radius 1 is 1.06 bits per heavy atom. The van der Waals surface area contributed by atoms with Crippen LogP contribution < -0.4 is 0 Å². The Morgan fingerprint density at radius 3 is 2.65 bits per heavy atom. The first-order valence-corrected chi connectivity index (χ1v) is 6.21. The van der Waals surface area contributed by atoms with E-state index in [4.69, 9.17) is 4.74 Å². The number of rotatable bonds is 0. The fraction of sp³-hybridized carbons (Fsp3) is 0.375. The van der Waals surface area contributed by atoms with Crippen molar-refractivity contribution in [3.63, 3.8) is 0 Å². The van der Waals surface area contributed by atoms with E-state index in [0.29, 0.717) is 11.8 Å². The predicted molar refractivity (Wildman–Crippen MR) is 70.0 cm³/mol. The summed E-state index contributed by atoms with van der Waals surface area (Å²) >= 11 is 0. The van der Waals surface area contributed by atoms with Gasteiger partial charge in [-0.2, -0.15) is 0 Å². The normalized spacial score (nSPS) is 29.9. The van der Waals surface area contributed by atoms with Crippen molar-refractivity contribution >= 4 is 0 Å². The molecule has 0 saturated heterocycles. The highest BCUT2D eigenvalue weighted by Crippen LogP contribution is 2.42. The van der Waals surface area contributed by atoms with Crippen LogP contribution in [0.5, 0.6) is 0 Å². The molecule has 0 aromatic rings. The molecule has 0 spiro atoms. The van der Waals surface area contributed by atoms with Gasteiger partial charge in [0.05, 0.1) is 6.26 Å². The average molecular weight is 226 g/mol. The summed E-state index contributed by atoms with van der Waals surface area (Å²) in [5.74, 6) is 1.93. The van der Waals surface area contributed by atoms with Crippen molar-refractivity contribution < 1.29 is 4.74 Å². The minimum atomic E-state index is 0.215.